The monoisotopic (exact) mass is 238 g/mol. The topological polar surface area (TPSA) is 24.9 Å². The van der Waals surface area contributed by atoms with Crippen LogP contribution in [-0.4, -0.2) is 10.5 Å². The molecule has 0 fully saturated rings. The number of hydrogen-bond donors (Lipinski definition) is 1. The van der Waals surface area contributed by atoms with Gasteiger partial charge in [0.2, 0.25) is 0 Å². The zero-order valence-corrected chi connectivity index (χ0v) is 10.7. The second-order valence-corrected chi connectivity index (χ2v) is 6.60. The van der Waals surface area contributed by atoms with Crippen molar-refractivity contribution >= 4 is 33.5 Å². The van der Waals surface area contributed by atoms with Gasteiger partial charge in [-0.1, -0.05) is 0 Å². The van der Waals surface area contributed by atoms with E-state index in [9.17, 15) is 0 Å². The lowest BCUT2D eigenvalue weighted by Gasteiger charge is -2.18. The average Bonchev–Trinajstić information content (AvgIpc) is 2.56. The van der Waals surface area contributed by atoms with Gasteiger partial charge < -0.3 is 0 Å². The molecule has 0 aliphatic carbocycles. The normalized spacial score (nSPS) is 12.2. The van der Waals surface area contributed by atoms with E-state index in [1.54, 1.807) is 23.3 Å². The fourth-order valence-corrected chi connectivity index (χ4v) is 2.99. The summed E-state index contributed by atoms with van der Waals surface area (Å²) in [5.74, 6) is 0. The van der Waals surface area contributed by atoms with E-state index >= 15 is 0 Å². The van der Waals surface area contributed by atoms with Gasteiger partial charge in [-0.3, -0.25) is 9.71 Å². The molecule has 2 nitrogen and oxygen atoms in total. The average molecular weight is 238 g/mol. The summed E-state index contributed by atoms with van der Waals surface area (Å²) in [7, 11) is 0. The Morgan fingerprint density at radius 2 is 2.20 bits per heavy atom. The summed E-state index contributed by atoms with van der Waals surface area (Å²) in [5.41, 5.74) is 1.22. The van der Waals surface area contributed by atoms with Gasteiger partial charge in [0.1, 0.15) is 0 Å². The third-order valence-electron chi connectivity index (χ3n) is 1.72. The lowest BCUT2D eigenvalue weighted by atomic mass is 10.1. The molecule has 15 heavy (non-hydrogen) atoms. The van der Waals surface area contributed by atoms with Gasteiger partial charge in [-0.2, -0.15) is 0 Å². The van der Waals surface area contributed by atoms with E-state index in [2.05, 4.69) is 42.6 Å². The van der Waals surface area contributed by atoms with Crippen molar-refractivity contribution < 1.29 is 0 Å². The van der Waals surface area contributed by atoms with Crippen LogP contribution >= 0.6 is 23.3 Å². The van der Waals surface area contributed by atoms with Crippen molar-refractivity contribution in [1.82, 2.24) is 9.71 Å². The Bertz CT molecular complexity index is 424. The highest BCUT2D eigenvalue weighted by Crippen LogP contribution is 2.31. The number of thiophene rings is 1. The third-order valence-corrected chi connectivity index (χ3v) is 4.14. The second kappa shape index (κ2) is 4.12. The maximum Gasteiger partial charge on any atom is 0.0821 e. The predicted octanol–water partition coefficient (Wildman–Crippen LogP) is 3.69. The SMILES string of the molecule is CC(C)(C)NSc1cc2ncccc2s1. The first-order valence-electron chi connectivity index (χ1n) is 4.83. The Labute approximate surface area is 98.2 Å². The molecule has 0 unspecified atom stereocenters. The summed E-state index contributed by atoms with van der Waals surface area (Å²) < 4.78 is 5.91. The minimum atomic E-state index is 0.133. The van der Waals surface area contributed by atoms with Crippen molar-refractivity contribution in [3.8, 4) is 0 Å². The van der Waals surface area contributed by atoms with E-state index < -0.39 is 0 Å². The Balaban J connectivity index is 2.16. The lowest BCUT2D eigenvalue weighted by molar-refractivity contribution is 0.536. The van der Waals surface area contributed by atoms with Crippen molar-refractivity contribution in [2.75, 3.05) is 0 Å². The van der Waals surface area contributed by atoms with E-state index in [0.717, 1.165) is 5.52 Å². The molecular formula is C11H14N2S2. The third kappa shape index (κ3) is 2.93. The summed E-state index contributed by atoms with van der Waals surface area (Å²) in [4.78, 5) is 4.32. The highest BCUT2D eigenvalue weighted by Gasteiger charge is 2.10. The van der Waals surface area contributed by atoms with E-state index in [4.69, 9.17) is 0 Å². The van der Waals surface area contributed by atoms with Gasteiger partial charge in [-0.05, 0) is 50.9 Å². The van der Waals surface area contributed by atoms with Crippen molar-refractivity contribution in [3.63, 3.8) is 0 Å². The fraction of sp³-hybridized carbons (Fsp3) is 0.364. The van der Waals surface area contributed by atoms with Crippen LogP contribution < -0.4 is 4.72 Å². The summed E-state index contributed by atoms with van der Waals surface area (Å²) in [6.07, 6.45) is 1.83. The second-order valence-electron chi connectivity index (χ2n) is 4.41. The largest absolute Gasteiger partial charge is 0.255 e. The molecule has 0 aliphatic heterocycles. The first-order chi connectivity index (χ1) is 7.04. The van der Waals surface area contributed by atoms with Crippen LogP contribution in [0.15, 0.2) is 28.6 Å². The summed E-state index contributed by atoms with van der Waals surface area (Å²) >= 11 is 3.46. The van der Waals surface area contributed by atoms with Crippen molar-refractivity contribution in [2.24, 2.45) is 0 Å². The smallest absolute Gasteiger partial charge is 0.0821 e. The number of nitrogens with zero attached hydrogens (tertiary/aromatic N) is 1. The molecule has 1 N–H and O–H groups in total. The summed E-state index contributed by atoms with van der Waals surface area (Å²) in [5, 5.41) is 0. The lowest BCUT2D eigenvalue weighted by Crippen LogP contribution is -2.29. The Morgan fingerprint density at radius 1 is 1.40 bits per heavy atom. The molecule has 4 heteroatoms. The molecule has 80 valence electrons. The first kappa shape index (κ1) is 10.9. The van der Waals surface area contributed by atoms with Crippen LogP contribution in [0.5, 0.6) is 0 Å². The highest BCUT2D eigenvalue weighted by molar-refractivity contribution is 7.99. The molecule has 2 aromatic rings. The molecule has 0 saturated heterocycles. The van der Waals surface area contributed by atoms with E-state index in [0.29, 0.717) is 0 Å². The van der Waals surface area contributed by atoms with Crippen molar-refractivity contribution in [2.45, 2.75) is 30.5 Å². The highest BCUT2D eigenvalue weighted by atomic mass is 32.2. The van der Waals surface area contributed by atoms with Gasteiger partial charge in [-0.25, -0.2) is 0 Å². The Hall–Kier alpha value is -0.580. The number of nitrogens with one attached hydrogen (secondary N) is 1. The number of hydrogen-bond acceptors (Lipinski definition) is 4. The van der Waals surface area contributed by atoms with Crippen molar-refractivity contribution in [1.29, 1.82) is 0 Å². The standard InChI is InChI=1S/C11H14N2S2/c1-11(2,3)13-15-10-7-8-9(14-10)5-4-6-12-8/h4-7,13H,1-3H3. The number of fused-ring (bicyclic) bond motifs is 1. The minimum Gasteiger partial charge on any atom is -0.255 e. The summed E-state index contributed by atoms with van der Waals surface area (Å²) in [6, 6.07) is 6.21. The molecule has 2 heterocycles. The predicted molar refractivity (Wildman–Crippen MR) is 68.4 cm³/mol. The molecule has 2 aromatic heterocycles. The van der Waals surface area contributed by atoms with E-state index in [1.165, 1.54) is 8.91 Å². The Morgan fingerprint density at radius 3 is 2.87 bits per heavy atom. The molecule has 0 bridgehead atoms. The van der Waals surface area contributed by atoms with Crippen LogP contribution in [0.4, 0.5) is 0 Å². The molecule has 0 spiro atoms. The van der Waals surface area contributed by atoms with E-state index in [-0.39, 0.29) is 5.54 Å². The van der Waals surface area contributed by atoms with Gasteiger partial charge in [-0.15, -0.1) is 11.3 Å². The number of rotatable bonds is 2. The first-order valence-corrected chi connectivity index (χ1v) is 6.46. The van der Waals surface area contributed by atoms with Gasteiger partial charge in [0.15, 0.2) is 0 Å². The van der Waals surface area contributed by atoms with Gasteiger partial charge >= 0.3 is 0 Å². The minimum absolute atomic E-state index is 0.133. The molecule has 0 amide bonds. The maximum absolute atomic E-state index is 4.32. The zero-order valence-electron chi connectivity index (χ0n) is 9.07. The van der Waals surface area contributed by atoms with Crippen LogP contribution in [0.2, 0.25) is 0 Å². The van der Waals surface area contributed by atoms with Gasteiger partial charge in [0.05, 0.1) is 14.4 Å². The summed E-state index contributed by atoms with van der Waals surface area (Å²) in [6.45, 7) is 6.47. The molecule has 2 rings (SSSR count). The van der Waals surface area contributed by atoms with Crippen LogP contribution in [-0.2, 0) is 0 Å². The van der Waals surface area contributed by atoms with Crippen LogP contribution in [0.1, 0.15) is 20.8 Å². The van der Waals surface area contributed by atoms with Crippen LogP contribution in [0, 0.1) is 0 Å². The number of aromatic nitrogens is 1. The zero-order chi connectivity index (χ0) is 10.9. The molecular weight excluding hydrogens is 224 g/mol. The van der Waals surface area contributed by atoms with Gasteiger partial charge in [0, 0.05) is 11.7 Å². The molecule has 0 aliphatic rings. The molecule has 0 aromatic carbocycles. The number of pyridine rings is 1. The quantitative estimate of drug-likeness (QED) is 0.808. The molecule has 0 saturated carbocycles. The maximum atomic E-state index is 4.32. The fourth-order valence-electron chi connectivity index (χ4n) is 1.10. The van der Waals surface area contributed by atoms with Gasteiger partial charge in [0.25, 0.3) is 0 Å². The molecule has 0 radical (unpaired) electrons. The van der Waals surface area contributed by atoms with Crippen LogP contribution in [0.3, 0.4) is 0 Å². The van der Waals surface area contributed by atoms with Crippen LogP contribution in [0.25, 0.3) is 10.2 Å². The Kier molecular flexibility index (Phi) is 3.00. The van der Waals surface area contributed by atoms with Crippen molar-refractivity contribution in [3.05, 3.63) is 24.4 Å². The molecule has 0 atom stereocenters. The van der Waals surface area contributed by atoms with E-state index in [1.807, 2.05) is 12.3 Å².